The summed E-state index contributed by atoms with van der Waals surface area (Å²) in [6.07, 6.45) is 3.61. The van der Waals surface area contributed by atoms with Crippen molar-refractivity contribution in [2.45, 2.75) is 6.92 Å². The van der Waals surface area contributed by atoms with Crippen LogP contribution in [-0.4, -0.2) is 0 Å². The van der Waals surface area contributed by atoms with Crippen LogP contribution in [0.15, 0.2) is 120 Å². The van der Waals surface area contributed by atoms with Gasteiger partial charge in [0.05, 0.1) is 29.5 Å². The Morgan fingerprint density at radius 2 is 1.41 bits per heavy atom. The molecule has 0 saturated carbocycles. The van der Waals surface area contributed by atoms with Gasteiger partial charge in [-0.25, -0.2) is 0 Å². The second kappa shape index (κ2) is 12.0. The maximum absolute atomic E-state index is 5.51. The van der Waals surface area contributed by atoms with Gasteiger partial charge in [-0.05, 0) is 24.6 Å². The van der Waals surface area contributed by atoms with E-state index >= 15 is 0 Å². The van der Waals surface area contributed by atoms with Crippen LogP contribution in [0.3, 0.4) is 0 Å². The molecular formula is C35H30IrN2O-2. The number of aryl methyl sites for hydroxylation is 1. The Morgan fingerprint density at radius 1 is 0.667 bits per heavy atom. The molecule has 1 radical (unpaired) electrons. The number of aromatic nitrogens is 2. The van der Waals surface area contributed by atoms with E-state index in [1.807, 2.05) is 82.9 Å². The monoisotopic (exact) mass is 687 g/mol. The maximum atomic E-state index is 5.51. The summed E-state index contributed by atoms with van der Waals surface area (Å²) in [6, 6.07) is 34.8. The van der Waals surface area contributed by atoms with Crippen molar-refractivity contribution in [2.75, 3.05) is 0 Å². The van der Waals surface area contributed by atoms with Crippen molar-refractivity contribution < 1.29 is 33.7 Å². The molecule has 0 amide bonds. The zero-order valence-electron chi connectivity index (χ0n) is 21.9. The summed E-state index contributed by atoms with van der Waals surface area (Å²) < 4.78 is 9.31. The minimum atomic E-state index is 0. The van der Waals surface area contributed by atoms with Gasteiger partial charge in [-0.15, -0.1) is 29.3 Å². The van der Waals surface area contributed by atoms with Crippen LogP contribution in [0.1, 0.15) is 16.8 Å². The van der Waals surface area contributed by atoms with Crippen LogP contribution >= 0.6 is 0 Å². The number of furan rings is 1. The molecule has 0 bridgehead atoms. The average molecular weight is 687 g/mol. The van der Waals surface area contributed by atoms with Crippen LogP contribution < -0.4 is 9.13 Å². The first-order valence-corrected chi connectivity index (χ1v) is 12.4. The van der Waals surface area contributed by atoms with Crippen molar-refractivity contribution >= 4 is 11.0 Å². The SMILES string of the molecule is [CH2-]c1cc(-c2ccccc2)ccc1-c1c2ccoc2cc[n+]1[CH2-].[CH2-]c1ccccc1-c1cccc(C)[n+]1[CH2-].[Ir]. The van der Waals surface area contributed by atoms with E-state index in [0.717, 1.165) is 55.9 Å². The molecule has 6 aromatic rings. The van der Waals surface area contributed by atoms with Crippen molar-refractivity contribution in [2.24, 2.45) is 0 Å². The van der Waals surface area contributed by atoms with E-state index in [4.69, 9.17) is 4.42 Å². The minimum Gasteiger partial charge on any atom is -0.466 e. The van der Waals surface area contributed by atoms with Gasteiger partial charge in [0.15, 0.2) is 0 Å². The Morgan fingerprint density at radius 3 is 2.15 bits per heavy atom. The quantitative estimate of drug-likeness (QED) is 0.139. The van der Waals surface area contributed by atoms with Crippen molar-refractivity contribution in [3.05, 3.63) is 160 Å². The van der Waals surface area contributed by atoms with Crippen molar-refractivity contribution in [1.82, 2.24) is 0 Å². The Balaban J connectivity index is 0.000000192. The molecule has 0 N–H and O–H groups in total. The Bertz CT molecular complexity index is 1720. The fourth-order valence-electron chi connectivity index (χ4n) is 4.62. The van der Waals surface area contributed by atoms with Gasteiger partial charge in [-0.3, -0.25) is 0 Å². The van der Waals surface area contributed by atoms with E-state index in [1.165, 1.54) is 5.56 Å². The average Bonchev–Trinajstić information content (AvgIpc) is 3.41. The van der Waals surface area contributed by atoms with Crippen LogP contribution in [-0.2, 0) is 20.1 Å². The summed E-state index contributed by atoms with van der Waals surface area (Å²) in [4.78, 5) is 0. The summed E-state index contributed by atoms with van der Waals surface area (Å²) in [7, 11) is 8.12. The van der Waals surface area contributed by atoms with Crippen LogP contribution in [0.2, 0.25) is 0 Å². The molecule has 6 rings (SSSR count). The first-order valence-electron chi connectivity index (χ1n) is 12.4. The normalized spacial score (nSPS) is 10.4. The molecular weight excluding hydrogens is 657 g/mol. The number of rotatable bonds is 3. The van der Waals surface area contributed by atoms with Gasteiger partial charge >= 0.3 is 0 Å². The van der Waals surface area contributed by atoms with Gasteiger partial charge < -0.3 is 13.6 Å². The molecule has 3 aromatic carbocycles. The third-order valence-electron chi connectivity index (χ3n) is 6.71. The number of fused-ring (bicyclic) bond motifs is 1. The number of hydrogen-bond donors (Lipinski definition) is 0. The van der Waals surface area contributed by atoms with Gasteiger partial charge in [0.1, 0.15) is 5.58 Å². The predicted molar refractivity (Wildman–Crippen MR) is 155 cm³/mol. The molecule has 0 saturated heterocycles. The molecule has 0 atom stereocenters. The summed E-state index contributed by atoms with van der Waals surface area (Å²) in [5.74, 6) is 0. The van der Waals surface area contributed by atoms with Gasteiger partial charge in [0, 0.05) is 39.6 Å². The molecule has 4 heteroatoms. The van der Waals surface area contributed by atoms with Gasteiger partial charge in [-0.2, -0.15) is 37.1 Å². The largest absolute Gasteiger partial charge is 0.466 e. The topological polar surface area (TPSA) is 20.9 Å². The molecule has 0 fully saturated rings. The molecule has 39 heavy (non-hydrogen) atoms. The molecule has 3 aromatic heterocycles. The standard InChI is InChI=1S/C21H16NO.C14H14N.Ir/c1-15-14-17(16-6-4-3-5-7-16)8-9-18(15)21-19-11-13-23-20(19)10-12-22(21)2;1-11-7-4-5-9-13(11)14-10-6-8-12(2)15(14)3;/h3-14H,1-2H2;4-10H,1,3H2,2H3;/q2*-1;. The van der Waals surface area contributed by atoms with Crippen molar-refractivity contribution in [1.29, 1.82) is 0 Å². The first kappa shape index (κ1) is 27.7. The fourth-order valence-corrected chi connectivity index (χ4v) is 4.62. The predicted octanol–water partition coefficient (Wildman–Crippen LogP) is 7.65. The Labute approximate surface area is 244 Å². The first-order chi connectivity index (χ1) is 18.4. The molecule has 0 aliphatic carbocycles. The molecule has 0 aliphatic rings. The zero-order valence-corrected chi connectivity index (χ0v) is 24.3. The zero-order chi connectivity index (χ0) is 26.6. The second-order valence-corrected chi connectivity index (χ2v) is 9.21. The van der Waals surface area contributed by atoms with Crippen molar-refractivity contribution in [3.63, 3.8) is 0 Å². The molecule has 0 unspecified atom stereocenters. The number of pyridine rings is 2. The fraction of sp³-hybridized carbons (Fsp3) is 0.0286. The molecule has 197 valence electrons. The molecule has 0 spiro atoms. The number of benzene rings is 3. The third kappa shape index (κ3) is 5.73. The smallest absolute Gasteiger partial charge is 0.120 e. The maximum Gasteiger partial charge on any atom is 0.120 e. The second-order valence-electron chi connectivity index (χ2n) is 9.21. The van der Waals surface area contributed by atoms with Crippen LogP contribution in [0, 0.1) is 34.9 Å². The van der Waals surface area contributed by atoms with E-state index in [1.54, 1.807) is 6.26 Å². The summed E-state index contributed by atoms with van der Waals surface area (Å²) >= 11 is 0. The minimum absolute atomic E-state index is 0. The number of nitrogens with zero attached hydrogens (tertiary/aromatic N) is 2. The summed E-state index contributed by atoms with van der Waals surface area (Å²) in [6.45, 7) is 10.3. The van der Waals surface area contributed by atoms with E-state index in [-0.39, 0.29) is 20.1 Å². The van der Waals surface area contributed by atoms with Crippen molar-refractivity contribution in [3.8, 4) is 33.6 Å². The van der Waals surface area contributed by atoms with E-state index in [0.29, 0.717) is 0 Å². The molecule has 3 nitrogen and oxygen atoms in total. The summed E-state index contributed by atoms with van der Waals surface area (Å²) in [5.41, 5.74) is 10.6. The van der Waals surface area contributed by atoms with Crippen LogP contribution in [0.25, 0.3) is 44.6 Å². The van der Waals surface area contributed by atoms with Gasteiger partial charge in [0.2, 0.25) is 0 Å². The van der Waals surface area contributed by atoms with Gasteiger partial charge in [0.25, 0.3) is 0 Å². The van der Waals surface area contributed by atoms with E-state index < -0.39 is 0 Å². The molecule has 0 aliphatic heterocycles. The van der Waals surface area contributed by atoms with Crippen LogP contribution in [0.4, 0.5) is 0 Å². The number of hydrogen-bond acceptors (Lipinski definition) is 1. The van der Waals surface area contributed by atoms with Gasteiger partial charge in [-0.1, -0.05) is 66.2 Å². The third-order valence-corrected chi connectivity index (χ3v) is 6.71. The van der Waals surface area contributed by atoms with E-state index in [2.05, 4.69) is 70.4 Å². The summed E-state index contributed by atoms with van der Waals surface area (Å²) in [5, 5.41) is 1.04. The molecule has 3 heterocycles. The van der Waals surface area contributed by atoms with Crippen LogP contribution in [0.5, 0.6) is 0 Å². The van der Waals surface area contributed by atoms with E-state index in [9.17, 15) is 0 Å². The Kier molecular flexibility index (Phi) is 8.51. The Hall–Kier alpha value is -4.37.